The van der Waals surface area contributed by atoms with Gasteiger partial charge >= 0.3 is 5.97 Å². The van der Waals surface area contributed by atoms with Gasteiger partial charge in [-0.1, -0.05) is 13.8 Å². The molecule has 2 N–H and O–H groups in total. The van der Waals surface area contributed by atoms with Gasteiger partial charge in [-0.2, -0.15) is 0 Å². The maximum absolute atomic E-state index is 11.7. The Morgan fingerprint density at radius 1 is 1.44 bits per heavy atom. The fourth-order valence-electron chi connectivity index (χ4n) is 2.02. The van der Waals surface area contributed by atoms with Gasteiger partial charge < -0.3 is 15.3 Å². The molecular weight excluding hydrogens is 208 g/mol. The van der Waals surface area contributed by atoms with Crippen LogP contribution in [0.5, 0.6) is 0 Å². The summed E-state index contributed by atoms with van der Waals surface area (Å²) in [4.78, 5) is 24.3. The van der Waals surface area contributed by atoms with Crippen molar-refractivity contribution in [2.24, 2.45) is 11.8 Å². The van der Waals surface area contributed by atoms with Gasteiger partial charge in [0.05, 0.1) is 5.92 Å². The summed E-state index contributed by atoms with van der Waals surface area (Å²) in [5, 5.41) is 12.0. The lowest BCUT2D eigenvalue weighted by Crippen LogP contribution is -2.32. The molecule has 0 spiro atoms. The number of amides is 1. The minimum atomic E-state index is -0.797. The first-order chi connectivity index (χ1) is 7.56. The first-order valence-electron chi connectivity index (χ1n) is 5.77. The van der Waals surface area contributed by atoms with Crippen LogP contribution >= 0.6 is 0 Å². The number of nitrogens with one attached hydrogen (secondary N) is 1. The van der Waals surface area contributed by atoms with E-state index in [1.165, 1.54) is 0 Å². The largest absolute Gasteiger partial charge is 0.481 e. The summed E-state index contributed by atoms with van der Waals surface area (Å²) >= 11 is 0. The normalized spacial score (nSPS) is 24.8. The van der Waals surface area contributed by atoms with Crippen LogP contribution < -0.4 is 5.32 Å². The Balaban J connectivity index is 2.39. The molecule has 1 rings (SSSR count). The van der Waals surface area contributed by atoms with E-state index in [9.17, 15) is 9.59 Å². The molecule has 0 unspecified atom stereocenters. The SMILES string of the molecule is CCNCCC(=O)N1C[C@@H](C)[C@H](C(=O)O)C1. The van der Waals surface area contributed by atoms with E-state index in [-0.39, 0.29) is 11.8 Å². The van der Waals surface area contributed by atoms with Crippen molar-refractivity contribution >= 4 is 11.9 Å². The molecule has 16 heavy (non-hydrogen) atoms. The molecule has 1 heterocycles. The maximum Gasteiger partial charge on any atom is 0.308 e. The van der Waals surface area contributed by atoms with E-state index in [0.717, 1.165) is 6.54 Å². The molecule has 0 aromatic rings. The summed E-state index contributed by atoms with van der Waals surface area (Å²) in [5.74, 6) is -1.09. The van der Waals surface area contributed by atoms with E-state index in [2.05, 4.69) is 5.32 Å². The van der Waals surface area contributed by atoms with Crippen LogP contribution in [0.1, 0.15) is 20.3 Å². The van der Waals surface area contributed by atoms with Gasteiger partial charge in [0.2, 0.25) is 5.91 Å². The quantitative estimate of drug-likeness (QED) is 0.658. The van der Waals surface area contributed by atoms with Crippen LogP contribution in [0.2, 0.25) is 0 Å². The van der Waals surface area contributed by atoms with Crippen molar-refractivity contribution in [1.29, 1.82) is 0 Å². The molecule has 2 atom stereocenters. The average molecular weight is 228 g/mol. The summed E-state index contributed by atoms with van der Waals surface area (Å²) < 4.78 is 0. The van der Waals surface area contributed by atoms with Crippen LogP contribution in [0.15, 0.2) is 0 Å². The molecule has 92 valence electrons. The number of rotatable bonds is 5. The predicted molar refractivity (Wildman–Crippen MR) is 60.0 cm³/mol. The molecule has 0 aromatic heterocycles. The van der Waals surface area contributed by atoms with Crippen molar-refractivity contribution in [3.63, 3.8) is 0 Å². The molecule has 0 aromatic carbocycles. The van der Waals surface area contributed by atoms with E-state index in [1.54, 1.807) is 4.90 Å². The Labute approximate surface area is 95.8 Å². The van der Waals surface area contributed by atoms with E-state index in [1.807, 2.05) is 13.8 Å². The van der Waals surface area contributed by atoms with Gasteiger partial charge in [-0.3, -0.25) is 9.59 Å². The third kappa shape index (κ3) is 3.20. The lowest BCUT2D eigenvalue weighted by atomic mass is 9.99. The average Bonchev–Trinajstić information content (AvgIpc) is 2.60. The second-order valence-electron chi connectivity index (χ2n) is 4.32. The fourth-order valence-corrected chi connectivity index (χ4v) is 2.02. The topological polar surface area (TPSA) is 69.6 Å². The molecule has 0 saturated carbocycles. The predicted octanol–water partition coefficient (Wildman–Crippen LogP) is 0.165. The van der Waals surface area contributed by atoms with E-state index in [4.69, 9.17) is 5.11 Å². The first kappa shape index (κ1) is 13.0. The lowest BCUT2D eigenvalue weighted by molar-refractivity contribution is -0.142. The molecule has 5 nitrogen and oxygen atoms in total. The Morgan fingerprint density at radius 2 is 2.12 bits per heavy atom. The summed E-state index contributed by atoms with van der Waals surface area (Å²) in [6.07, 6.45) is 0.451. The van der Waals surface area contributed by atoms with Gasteiger partial charge in [-0.05, 0) is 12.5 Å². The minimum absolute atomic E-state index is 0.0524. The highest BCUT2D eigenvalue weighted by Crippen LogP contribution is 2.23. The highest BCUT2D eigenvalue weighted by atomic mass is 16.4. The monoisotopic (exact) mass is 228 g/mol. The first-order valence-corrected chi connectivity index (χ1v) is 5.77. The Bertz CT molecular complexity index is 268. The zero-order valence-electron chi connectivity index (χ0n) is 9.90. The van der Waals surface area contributed by atoms with Crippen LogP contribution in [-0.4, -0.2) is 48.1 Å². The highest BCUT2D eigenvalue weighted by Gasteiger charge is 2.36. The molecule has 1 aliphatic heterocycles. The molecule has 1 saturated heterocycles. The van der Waals surface area contributed by atoms with Gasteiger partial charge in [0.25, 0.3) is 0 Å². The van der Waals surface area contributed by atoms with Crippen molar-refractivity contribution in [2.45, 2.75) is 20.3 Å². The van der Waals surface area contributed by atoms with E-state index in [0.29, 0.717) is 26.1 Å². The van der Waals surface area contributed by atoms with E-state index < -0.39 is 11.9 Å². The van der Waals surface area contributed by atoms with Gasteiger partial charge in [-0.25, -0.2) is 0 Å². The number of carboxylic acid groups (broad SMARTS) is 1. The van der Waals surface area contributed by atoms with Gasteiger partial charge in [0.15, 0.2) is 0 Å². The standard InChI is InChI=1S/C11H20N2O3/c1-3-12-5-4-10(14)13-6-8(2)9(7-13)11(15)16/h8-9,12H,3-7H2,1-2H3,(H,15,16)/t8-,9-/m1/s1. The molecular formula is C11H20N2O3. The Morgan fingerprint density at radius 3 is 2.62 bits per heavy atom. The molecule has 1 amide bonds. The Hall–Kier alpha value is -1.10. The fraction of sp³-hybridized carbons (Fsp3) is 0.818. The minimum Gasteiger partial charge on any atom is -0.481 e. The van der Waals surface area contributed by atoms with Crippen molar-refractivity contribution < 1.29 is 14.7 Å². The number of nitrogens with zero attached hydrogens (tertiary/aromatic N) is 1. The van der Waals surface area contributed by atoms with Crippen molar-refractivity contribution in [3.05, 3.63) is 0 Å². The van der Waals surface area contributed by atoms with Crippen molar-refractivity contribution in [2.75, 3.05) is 26.2 Å². The summed E-state index contributed by atoms with van der Waals surface area (Å²) in [5.41, 5.74) is 0. The highest BCUT2D eigenvalue weighted by molar-refractivity contribution is 5.79. The molecule has 0 aliphatic carbocycles. The van der Waals surface area contributed by atoms with Gasteiger partial charge in [-0.15, -0.1) is 0 Å². The zero-order chi connectivity index (χ0) is 12.1. The van der Waals surface area contributed by atoms with Crippen LogP contribution in [-0.2, 0) is 9.59 Å². The number of carboxylic acids is 1. The van der Waals surface area contributed by atoms with Gasteiger partial charge in [0.1, 0.15) is 0 Å². The number of hydrogen-bond donors (Lipinski definition) is 2. The van der Waals surface area contributed by atoms with Crippen LogP contribution in [0.3, 0.4) is 0 Å². The third-order valence-corrected chi connectivity index (χ3v) is 3.05. The molecule has 0 bridgehead atoms. The summed E-state index contributed by atoms with van der Waals surface area (Å²) in [6.45, 7) is 6.32. The van der Waals surface area contributed by atoms with Crippen LogP contribution in [0.4, 0.5) is 0 Å². The number of carbonyl (C=O) groups excluding carboxylic acids is 1. The smallest absolute Gasteiger partial charge is 0.308 e. The number of aliphatic carboxylic acids is 1. The number of likely N-dealkylation sites (tertiary alicyclic amines) is 1. The molecule has 1 fully saturated rings. The van der Waals surface area contributed by atoms with E-state index >= 15 is 0 Å². The van der Waals surface area contributed by atoms with Crippen LogP contribution in [0, 0.1) is 11.8 Å². The van der Waals surface area contributed by atoms with Crippen LogP contribution in [0.25, 0.3) is 0 Å². The summed E-state index contributed by atoms with van der Waals surface area (Å²) in [7, 11) is 0. The third-order valence-electron chi connectivity index (χ3n) is 3.05. The second kappa shape index (κ2) is 5.84. The number of carbonyl (C=O) groups is 2. The number of hydrogen-bond acceptors (Lipinski definition) is 3. The maximum atomic E-state index is 11.7. The van der Waals surface area contributed by atoms with Crippen molar-refractivity contribution in [3.8, 4) is 0 Å². The Kier molecular flexibility index (Phi) is 4.73. The lowest BCUT2D eigenvalue weighted by Gasteiger charge is -2.15. The molecule has 5 heteroatoms. The second-order valence-corrected chi connectivity index (χ2v) is 4.32. The van der Waals surface area contributed by atoms with Gasteiger partial charge in [0, 0.05) is 26.1 Å². The molecule has 0 radical (unpaired) electrons. The summed E-state index contributed by atoms with van der Waals surface area (Å²) in [6, 6.07) is 0. The molecule has 1 aliphatic rings. The van der Waals surface area contributed by atoms with Crippen molar-refractivity contribution in [1.82, 2.24) is 10.2 Å². The zero-order valence-corrected chi connectivity index (χ0v) is 9.90.